The minimum absolute atomic E-state index is 0.148. The van der Waals surface area contributed by atoms with Gasteiger partial charge in [0.1, 0.15) is 5.01 Å². The molecule has 2 heterocycles. The highest BCUT2D eigenvalue weighted by Crippen LogP contribution is 2.51. The lowest BCUT2D eigenvalue weighted by Gasteiger charge is -2.19. The normalized spacial score (nSPS) is 10.5. The van der Waals surface area contributed by atoms with Gasteiger partial charge in [-0.3, -0.25) is 9.78 Å². The minimum Gasteiger partial charge on any atom is -0.492 e. The predicted octanol–water partition coefficient (Wildman–Crippen LogP) is 4.36. The van der Waals surface area contributed by atoms with E-state index in [0.717, 1.165) is 10.6 Å². The number of halogens is 1. The van der Waals surface area contributed by atoms with Gasteiger partial charge in [-0.1, -0.05) is 11.6 Å². The molecule has 26 heavy (non-hydrogen) atoms. The third kappa shape index (κ3) is 3.00. The summed E-state index contributed by atoms with van der Waals surface area (Å²) < 4.78 is 16.3. The van der Waals surface area contributed by atoms with Crippen molar-refractivity contribution < 1.29 is 19.0 Å². The number of methoxy groups -OCH3 is 3. The Bertz CT molecular complexity index is 945. The summed E-state index contributed by atoms with van der Waals surface area (Å²) >= 11 is 7.89. The molecule has 0 atom stereocenters. The molecule has 134 valence electrons. The molecule has 1 aromatic carbocycles. The SMILES string of the molecule is COc1c(Cl)c(C=O)c(-c2cncc(-c3nccs3)c2)c(OC)c1OC. The molecule has 0 saturated carbocycles. The summed E-state index contributed by atoms with van der Waals surface area (Å²) in [7, 11) is 4.41. The first-order valence-electron chi connectivity index (χ1n) is 7.48. The number of carbonyl (C=O) groups is 1. The van der Waals surface area contributed by atoms with Crippen LogP contribution >= 0.6 is 22.9 Å². The highest BCUT2D eigenvalue weighted by Gasteiger charge is 2.26. The Balaban J connectivity index is 2.33. The molecule has 0 aliphatic rings. The van der Waals surface area contributed by atoms with Crippen LogP contribution < -0.4 is 14.2 Å². The molecule has 8 heteroatoms. The van der Waals surface area contributed by atoms with Gasteiger partial charge in [0.2, 0.25) is 5.75 Å². The maximum atomic E-state index is 11.8. The fourth-order valence-electron chi connectivity index (χ4n) is 2.69. The second-order valence-electron chi connectivity index (χ2n) is 5.12. The molecule has 0 unspecified atom stereocenters. The fraction of sp³-hybridized carbons (Fsp3) is 0.167. The zero-order chi connectivity index (χ0) is 18.7. The van der Waals surface area contributed by atoms with Crippen molar-refractivity contribution >= 4 is 29.2 Å². The number of thiazole rings is 1. The second kappa shape index (κ2) is 7.72. The van der Waals surface area contributed by atoms with Crippen molar-refractivity contribution in [2.75, 3.05) is 21.3 Å². The number of benzene rings is 1. The van der Waals surface area contributed by atoms with Gasteiger partial charge in [-0.25, -0.2) is 4.98 Å². The minimum atomic E-state index is 0.148. The largest absolute Gasteiger partial charge is 0.492 e. The zero-order valence-electron chi connectivity index (χ0n) is 14.3. The number of nitrogens with zero attached hydrogens (tertiary/aromatic N) is 2. The van der Waals surface area contributed by atoms with Crippen LogP contribution in [0.4, 0.5) is 0 Å². The van der Waals surface area contributed by atoms with Crippen molar-refractivity contribution in [1.29, 1.82) is 0 Å². The molecule has 0 amide bonds. The van der Waals surface area contributed by atoms with Gasteiger partial charge in [0, 0.05) is 46.2 Å². The molecule has 0 spiro atoms. The molecule has 0 bridgehead atoms. The van der Waals surface area contributed by atoms with E-state index in [9.17, 15) is 4.79 Å². The molecule has 0 fully saturated rings. The molecular weight excluding hydrogens is 376 g/mol. The molecule has 2 aromatic heterocycles. The molecule has 0 N–H and O–H groups in total. The number of rotatable bonds is 6. The van der Waals surface area contributed by atoms with E-state index in [4.69, 9.17) is 25.8 Å². The Kier molecular flexibility index (Phi) is 5.39. The summed E-state index contributed by atoms with van der Waals surface area (Å²) in [5.74, 6) is 0.884. The van der Waals surface area contributed by atoms with E-state index in [-0.39, 0.29) is 16.3 Å². The van der Waals surface area contributed by atoms with Gasteiger partial charge >= 0.3 is 0 Å². The van der Waals surface area contributed by atoms with Gasteiger partial charge in [-0.15, -0.1) is 11.3 Å². The van der Waals surface area contributed by atoms with Crippen LogP contribution in [0, 0.1) is 0 Å². The van der Waals surface area contributed by atoms with E-state index >= 15 is 0 Å². The van der Waals surface area contributed by atoms with E-state index in [1.54, 1.807) is 18.6 Å². The predicted molar refractivity (Wildman–Crippen MR) is 101 cm³/mol. The number of ether oxygens (including phenoxy) is 3. The van der Waals surface area contributed by atoms with Crippen molar-refractivity contribution in [3.63, 3.8) is 0 Å². The topological polar surface area (TPSA) is 70.5 Å². The third-order valence-electron chi connectivity index (χ3n) is 3.78. The molecule has 0 saturated heterocycles. The van der Waals surface area contributed by atoms with E-state index in [1.165, 1.54) is 32.7 Å². The van der Waals surface area contributed by atoms with Crippen LogP contribution in [0.2, 0.25) is 5.02 Å². The van der Waals surface area contributed by atoms with Gasteiger partial charge in [0.25, 0.3) is 0 Å². The third-order valence-corrected chi connectivity index (χ3v) is 4.98. The Morgan fingerprint density at radius 1 is 1.04 bits per heavy atom. The molecular formula is C18H15ClN2O4S. The van der Waals surface area contributed by atoms with Gasteiger partial charge < -0.3 is 14.2 Å². The Labute approximate surface area is 159 Å². The Morgan fingerprint density at radius 2 is 1.73 bits per heavy atom. The fourth-order valence-corrected chi connectivity index (χ4v) is 3.61. The van der Waals surface area contributed by atoms with E-state index < -0.39 is 0 Å². The van der Waals surface area contributed by atoms with Crippen molar-refractivity contribution in [2.24, 2.45) is 0 Å². The lowest BCUT2D eigenvalue weighted by molar-refractivity contribution is 0.112. The molecule has 0 aliphatic heterocycles. The van der Waals surface area contributed by atoms with Gasteiger partial charge in [0.15, 0.2) is 17.8 Å². The number of aromatic nitrogens is 2. The molecule has 3 rings (SSSR count). The summed E-state index contributed by atoms with van der Waals surface area (Å²) in [6.45, 7) is 0. The van der Waals surface area contributed by atoms with Crippen LogP contribution in [0.3, 0.4) is 0 Å². The number of pyridine rings is 1. The first-order chi connectivity index (χ1) is 12.7. The Hall–Kier alpha value is -2.64. The first-order valence-corrected chi connectivity index (χ1v) is 8.73. The molecule has 6 nitrogen and oxygen atoms in total. The monoisotopic (exact) mass is 390 g/mol. The highest BCUT2D eigenvalue weighted by molar-refractivity contribution is 7.13. The van der Waals surface area contributed by atoms with Gasteiger partial charge in [-0.05, 0) is 6.07 Å². The summed E-state index contributed by atoms with van der Waals surface area (Å²) in [5.41, 5.74) is 2.19. The van der Waals surface area contributed by atoms with Crippen LogP contribution in [0.5, 0.6) is 17.2 Å². The smallest absolute Gasteiger partial charge is 0.205 e. The van der Waals surface area contributed by atoms with Crippen LogP contribution in [-0.4, -0.2) is 37.6 Å². The van der Waals surface area contributed by atoms with Crippen molar-refractivity contribution in [2.45, 2.75) is 0 Å². The maximum absolute atomic E-state index is 11.8. The van der Waals surface area contributed by atoms with E-state index in [1.807, 2.05) is 11.4 Å². The standard InChI is InChI=1S/C18H15ClN2O4S/c1-23-15-13(12(9-22)14(19)16(24-2)17(15)25-3)10-6-11(8-20-7-10)18-21-4-5-26-18/h4-9H,1-3H3. The quantitative estimate of drug-likeness (QED) is 0.582. The van der Waals surface area contributed by atoms with Gasteiger partial charge in [0.05, 0.1) is 26.4 Å². The number of hydrogen-bond donors (Lipinski definition) is 0. The van der Waals surface area contributed by atoms with Crippen LogP contribution in [-0.2, 0) is 0 Å². The first kappa shape index (κ1) is 18.2. The maximum Gasteiger partial charge on any atom is 0.205 e. The van der Waals surface area contributed by atoms with Crippen LogP contribution in [0.15, 0.2) is 30.0 Å². The lowest BCUT2D eigenvalue weighted by Crippen LogP contribution is -2.02. The molecule has 0 aliphatic carbocycles. The van der Waals surface area contributed by atoms with E-state index in [2.05, 4.69) is 9.97 Å². The second-order valence-corrected chi connectivity index (χ2v) is 6.39. The number of aldehydes is 1. The number of carbonyl (C=O) groups excluding carboxylic acids is 1. The van der Waals surface area contributed by atoms with Crippen LogP contribution in [0.25, 0.3) is 21.7 Å². The summed E-state index contributed by atoms with van der Waals surface area (Å²) in [6, 6.07) is 1.87. The average Bonchev–Trinajstić information content (AvgIpc) is 3.21. The summed E-state index contributed by atoms with van der Waals surface area (Å²) in [4.78, 5) is 20.4. The van der Waals surface area contributed by atoms with Crippen LogP contribution in [0.1, 0.15) is 10.4 Å². The molecule has 3 aromatic rings. The van der Waals surface area contributed by atoms with E-state index in [0.29, 0.717) is 28.9 Å². The van der Waals surface area contributed by atoms with Crippen molar-refractivity contribution in [3.8, 4) is 38.9 Å². The summed E-state index contributed by atoms with van der Waals surface area (Å²) in [6.07, 6.45) is 5.72. The average molecular weight is 391 g/mol. The molecule has 0 radical (unpaired) electrons. The van der Waals surface area contributed by atoms with Crippen molar-refractivity contribution in [1.82, 2.24) is 9.97 Å². The van der Waals surface area contributed by atoms with Crippen molar-refractivity contribution in [3.05, 3.63) is 40.6 Å². The summed E-state index contributed by atoms with van der Waals surface area (Å²) in [5, 5.41) is 2.85. The Morgan fingerprint density at radius 3 is 2.31 bits per heavy atom. The number of hydrogen-bond acceptors (Lipinski definition) is 7. The lowest BCUT2D eigenvalue weighted by atomic mass is 9.98. The zero-order valence-corrected chi connectivity index (χ0v) is 15.9. The highest BCUT2D eigenvalue weighted by atomic mass is 35.5. The van der Waals surface area contributed by atoms with Gasteiger partial charge in [-0.2, -0.15) is 0 Å².